The normalized spacial score (nSPS) is 11.6. The summed E-state index contributed by atoms with van der Waals surface area (Å²) < 4.78 is 12.6. The molecule has 3 aromatic heterocycles. The first-order valence-corrected chi connectivity index (χ1v) is 10.6. The number of nitrogens with zero attached hydrogens (tertiary/aromatic N) is 4. The molecule has 0 atom stereocenters. The van der Waals surface area contributed by atoms with Crippen LogP contribution in [0.5, 0.6) is 0 Å². The van der Waals surface area contributed by atoms with E-state index in [1.807, 2.05) is 32.9 Å². The van der Waals surface area contributed by atoms with Crippen LogP contribution in [0.4, 0.5) is 0 Å². The van der Waals surface area contributed by atoms with Gasteiger partial charge in [0.2, 0.25) is 0 Å². The number of fused-ring (bicyclic) bond motifs is 2. The Morgan fingerprint density at radius 3 is 2.72 bits per heavy atom. The topological polar surface area (TPSA) is 99.6 Å². The molecule has 0 saturated carbocycles. The molecule has 1 aromatic carbocycles. The van der Waals surface area contributed by atoms with Crippen molar-refractivity contribution in [2.24, 2.45) is 0 Å². The quantitative estimate of drug-likeness (QED) is 0.334. The molecular formula is C24H26N4O4. The number of aryl methyl sites for hydroxylation is 3. The van der Waals surface area contributed by atoms with Crippen LogP contribution in [0, 0.1) is 20.8 Å². The fourth-order valence-corrected chi connectivity index (χ4v) is 4.11. The Kier molecular flexibility index (Phi) is 5.78. The Morgan fingerprint density at radius 1 is 1.19 bits per heavy atom. The van der Waals surface area contributed by atoms with E-state index in [1.54, 1.807) is 4.52 Å². The van der Waals surface area contributed by atoms with Gasteiger partial charge >= 0.3 is 11.6 Å². The van der Waals surface area contributed by atoms with Gasteiger partial charge in [0, 0.05) is 34.8 Å². The van der Waals surface area contributed by atoms with Gasteiger partial charge in [0.15, 0.2) is 0 Å². The third kappa shape index (κ3) is 4.12. The second kappa shape index (κ2) is 8.53. The van der Waals surface area contributed by atoms with Crippen LogP contribution in [-0.4, -0.2) is 25.6 Å². The molecule has 32 heavy (non-hydrogen) atoms. The molecule has 0 radical (unpaired) electrons. The Balaban J connectivity index is 1.51. The average molecular weight is 434 g/mol. The minimum absolute atomic E-state index is 0.0137. The van der Waals surface area contributed by atoms with E-state index in [-0.39, 0.29) is 19.0 Å². The number of aromatic nitrogens is 4. The van der Waals surface area contributed by atoms with Gasteiger partial charge in [-0.2, -0.15) is 10.1 Å². The lowest BCUT2D eigenvalue weighted by Crippen LogP contribution is -2.11. The number of rotatable bonds is 6. The van der Waals surface area contributed by atoms with Gasteiger partial charge in [-0.25, -0.2) is 14.3 Å². The minimum atomic E-state index is -0.460. The molecule has 0 bridgehead atoms. The summed E-state index contributed by atoms with van der Waals surface area (Å²) in [5.74, 6) is 0.515. The molecule has 166 valence electrons. The van der Waals surface area contributed by atoms with Crippen molar-refractivity contribution < 1.29 is 13.9 Å². The third-order valence-electron chi connectivity index (χ3n) is 5.80. The molecular weight excluding hydrogens is 408 g/mol. The molecule has 0 aliphatic carbocycles. The van der Waals surface area contributed by atoms with E-state index < -0.39 is 5.63 Å². The summed E-state index contributed by atoms with van der Waals surface area (Å²) in [6.07, 6.45) is 2.13. The first-order chi connectivity index (χ1) is 15.2. The van der Waals surface area contributed by atoms with E-state index in [4.69, 9.17) is 9.15 Å². The predicted octanol–water partition coefficient (Wildman–Crippen LogP) is 3.96. The molecule has 3 heterocycles. The van der Waals surface area contributed by atoms with Crippen molar-refractivity contribution in [3.63, 3.8) is 0 Å². The Labute approximate surface area is 185 Å². The fraction of sp³-hybridized carbons (Fsp3) is 0.375. The smallest absolute Gasteiger partial charge is 0.336 e. The van der Waals surface area contributed by atoms with Gasteiger partial charge in [-0.05, 0) is 61.9 Å². The van der Waals surface area contributed by atoms with Gasteiger partial charge in [0.25, 0.3) is 5.78 Å². The molecule has 8 nitrogen and oxygen atoms in total. The van der Waals surface area contributed by atoms with Crippen LogP contribution in [-0.2, 0) is 22.6 Å². The maximum Gasteiger partial charge on any atom is 0.336 e. The zero-order valence-corrected chi connectivity index (χ0v) is 18.9. The second-order valence-corrected chi connectivity index (χ2v) is 8.34. The third-order valence-corrected chi connectivity index (χ3v) is 5.80. The van der Waals surface area contributed by atoms with E-state index in [2.05, 4.69) is 28.9 Å². The number of hydrogen-bond acceptors (Lipinski definition) is 7. The van der Waals surface area contributed by atoms with Crippen LogP contribution >= 0.6 is 0 Å². The van der Waals surface area contributed by atoms with E-state index in [9.17, 15) is 9.59 Å². The summed E-state index contributed by atoms with van der Waals surface area (Å²) in [5, 5.41) is 4.97. The fourth-order valence-electron chi connectivity index (χ4n) is 4.11. The summed E-state index contributed by atoms with van der Waals surface area (Å²) in [4.78, 5) is 33.1. The van der Waals surface area contributed by atoms with Crippen LogP contribution in [0.15, 0.2) is 33.7 Å². The molecule has 4 aromatic rings. The Hall–Kier alpha value is -3.55. The van der Waals surface area contributed by atoms with Crippen LogP contribution in [0.1, 0.15) is 59.8 Å². The highest BCUT2D eigenvalue weighted by Crippen LogP contribution is 2.27. The molecule has 0 amide bonds. The SMILES string of the molecule is Cc1cc2oc(=O)cc(COC(=O)CCc3c(C)nc4ncnn4c3C)c2cc1C(C)C. The van der Waals surface area contributed by atoms with Crippen molar-refractivity contribution in [2.45, 2.75) is 60.0 Å². The number of carbonyl (C=O) groups is 1. The van der Waals surface area contributed by atoms with E-state index in [1.165, 1.54) is 18.0 Å². The summed E-state index contributed by atoms with van der Waals surface area (Å²) >= 11 is 0. The molecule has 4 rings (SSSR count). The van der Waals surface area contributed by atoms with E-state index in [0.29, 0.717) is 29.3 Å². The summed E-state index contributed by atoms with van der Waals surface area (Å²) in [6, 6.07) is 5.29. The van der Waals surface area contributed by atoms with Crippen LogP contribution in [0.25, 0.3) is 16.7 Å². The largest absolute Gasteiger partial charge is 0.461 e. The summed E-state index contributed by atoms with van der Waals surface area (Å²) in [7, 11) is 0. The van der Waals surface area contributed by atoms with Gasteiger partial charge in [-0.1, -0.05) is 13.8 Å². The van der Waals surface area contributed by atoms with Gasteiger partial charge in [-0.15, -0.1) is 0 Å². The van der Waals surface area contributed by atoms with Gasteiger partial charge in [0.05, 0.1) is 0 Å². The Bertz CT molecular complexity index is 1380. The first-order valence-electron chi connectivity index (χ1n) is 10.6. The number of ether oxygens (including phenoxy) is 1. The van der Waals surface area contributed by atoms with Crippen molar-refractivity contribution in [1.82, 2.24) is 19.6 Å². The highest BCUT2D eigenvalue weighted by molar-refractivity contribution is 5.82. The lowest BCUT2D eigenvalue weighted by Gasteiger charge is -2.13. The monoisotopic (exact) mass is 434 g/mol. The highest BCUT2D eigenvalue weighted by Gasteiger charge is 2.15. The van der Waals surface area contributed by atoms with Gasteiger partial charge < -0.3 is 9.15 Å². The molecule has 0 spiro atoms. The van der Waals surface area contributed by atoms with Crippen LogP contribution in [0.2, 0.25) is 0 Å². The lowest BCUT2D eigenvalue weighted by atomic mass is 9.95. The van der Waals surface area contributed by atoms with E-state index >= 15 is 0 Å². The zero-order chi connectivity index (χ0) is 23.0. The van der Waals surface area contributed by atoms with Crippen molar-refractivity contribution in [1.29, 1.82) is 0 Å². The number of benzene rings is 1. The maximum atomic E-state index is 12.5. The molecule has 0 unspecified atom stereocenters. The minimum Gasteiger partial charge on any atom is -0.461 e. The first kappa shape index (κ1) is 21.7. The summed E-state index contributed by atoms with van der Waals surface area (Å²) in [6.45, 7) is 10.1. The molecule has 0 fully saturated rings. The standard InChI is InChI=1S/C24H26N4O4/c1-13(2)19-10-20-17(9-23(30)32-21(20)8-14(19)3)11-31-22(29)7-6-18-15(4)27-24-25-12-26-28(24)16(18)5/h8-10,12-13H,6-7,11H2,1-5H3. The van der Waals surface area contributed by atoms with Gasteiger partial charge in [-0.3, -0.25) is 4.79 Å². The highest BCUT2D eigenvalue weighted by atomic mass is 16.5. The van der Waals surface area contributed by atoms with Crippen molar-refractivity contribution in [2.75, 3.05) is 0 Å². The predicted molar refractivity (Wildman–Crippen MR) is 120 cm³/mol. The molecule has 8 heteroatoms. The Morgan fingerprint density at radius 2 is 1.97 bits per heavy atom. The van der Waals surface area contributed by atoms with E-state index in [0.717, 1.165) is 27.9 Å². The van der Waals surface area contributed by atoms with Gasteiger partial charge in [0.1, 0.15) is 18.5 Å². The molecule has 0 aliphatic rings. The van der Waals surface area contributed by atoms with Crippen molar-refractivity contribution >= 4 is 22.7 Å². The van der Waals surface area contributed by atoms with Crippen molar-refractivity contribution in [3.8, 4) is 0 Å². The van der Waals surface area contributed by atoms with Crippen LogP contribution < -0.4 is 5.63 Å². The lowest BCUT2D eigenvalue weighted by molar-refractivity contribution is -0.144. The second-order valence-electron chi connectivity index (χ2n) is 8.34. The molecule has 0 saturated heterocycles. The average Bonchev–Trinajstić information content (AvgIpc) is 3.19. The zero-order valence-electron chi connectivity index (χ0n) is 18.9. The summed E-state index contributed by atoms with van der Waals surface area (Å²) in [5.41, 5.74) is 5.59. The van der Waals surface area contributed by atoms with Crippen molar-refractivity contribution in [3.05, 3.63) is 68.6 Å². The van der Waals surface area contributed by atoms with Crippen LogP contribution in [0.3, 0.4) is 0 Å². The molecule has 0 N–H and O–H groups in total. The number of carbonyl (C=O) groups excluding carboxylic acids is 1. The number of esters is 1. The molecule has 0 aliphatic heterocycles. The maximum absolute atomic E-state index is 12.5. The number of hydrogen-bond donors (Lipinski definition) is 0.